The maximum absolute atomic E-state index is 13.9. The van der Waals surface area contributed by atoms with Gasteiger partial charge in [0.25, 0.3) is 0 Å². The molecule has 0 bridgehead atoms. The molecule has 110 valence electrons. The van der Waals surface area contributed by atoms with Gasteiger partial charge in [-0.25, -0.2) is 4.39 Å². The van der Waals surface area contributed by atoms with E-state index in [0.29, 0.717) is 17.0 Å². The Kier molecular flexibility index (Phi) is 4.29. The van der Waals surface area contributed by atoms with Gasteiger partial charge in [0, 0.05) is 30.2 Å². The summed E-state index contributed by atoms with van der Waals surface area (Å²) < 4.78 is 13.9. The molecule has 1 N–H and O–H groups in total. The summed E-state index contributed by atoms with van der Waals surface area (Å²) in [7, 11) is 0. The molecular formula is C16H22ClFN2. The molecule has 0 amide bonds. The molecule has 1 atom stereocenters. The van der Waals surface area contributed by atoms with Crippen molar-refractivity contribution < 1.29 is 4.39 Å². The molecule has 0 aliphatic carbocycles. The predicted octanol–water partition coefficient (Wildman–Crippen LogP) is 3.44. The molecule has 1 aromatic rings. The number of halogens is 2. The second-order valence-electron chi connectivity index (χ2n) is 6.33. The highest BCUT2D eigenvalue weighted by atomic mass is 35.5. The van der Waals surface area contributed by atoms with Crippen molar-refractivity contribution in [2.75, 3.05) is 26.2 Å². The van der Waals surface area contributed by atoms with Gasteiger partial charge < -0.3 is 5.32 Å². The molecule has 20 heavy (non-hydrogen) atoms. The lowest BCUT2D eigenvalue weighted by Crippen LogP contribution is -2.50. The van der Waals surface area contributed by atoms with Crippen LogP contribution < -0.4 is 5.32 Å². The first-order valence-corrected chi connectivity index (χ1v) is 7.92. The monoisotopic (exact) mass is 296 g/mol. The molecule has 1 aromatic carbocycles. The predicted molar refractivity (Wildman–Crippen MR) is 80.5 cm³/mol. The first-order valence-electron chi connectivity index (χ1n) is 7.54. The first kappa shape index (κ1) is 14.3. The van der Waals surface area contributed by atoms with Crippen LogP contribution in [-0.4, -0.2) is 31.1 Å². The molecule has 2 heterocycles. The van der Waals surface area contributed by atoms with Gasteiger partial charge in [0.05, 0.1) is 0 Å². The number of hydrogen-bond donors (Lipinski definition) is 1. The SMILES string of the molecule is Fc1cc(Cl)ccc1CN1CCCC2(CCCNC2)C1. The summed E-state index contributed by atoms with van der Waals surface area (Å²) in [5.41, 5.74) is 1.18. The smallest absolute Gasteiger partial charge is 0.129 e. The van der Waals surface area contributed by atoms with Gasteiger partial charge in [0.15, 0.2) is 0 Å². The highest BCUT2D eigenvalue weighted by molar-refractivity contribution is 6.30. The molecule has 2 fully saturated rings. The van der Waals surface area contributed by atoms with Gasteiger partial charge in [-0.05, 0) is 56.3 Å². The summed E-state index contributed by atoms with van der Waals surface area (Å²) in [5.74, 6) is -0.182. The molecular weight excluding hydrogens is 275 g/mol. The number of likely N-dealkylation sites (tertiary alicyclic amines) is 1. The molecule has 2 aliphatic rings. The Morgan fingerprint density at radius 2 is 2.15 bits per heavy atom. The van der Waals surface area contributed by atoms with Crippen LogP contribution >= 0.6 is 11.6 Å². The highest BCUT2D eigenvalue weighted by Crippen LogP contribution is 2.36. The second kappa shape index (κ2) is 6.00. The normalized spacial score (nSPS) is 27.9. The minimum Gasteiger partial charge on any atom is -0.316 e. The quantitative estimate of drug-likeness (QED) is 0.899. The minimum absolute atomic E-state index is 0.182. The minimum atomic E-state index is -0.182. The third kappa shape index (κ3) is 3.16. The third-order valence-corrected chi connectivity index (χ3v) is 4.95. The van der Waals surface area contributed by atoms with Crippen molar-refractivity contribution in [2.24, 2.45) is 5.41 Å². The number of piperidine rings is 2. The first-order chi connectivity index (χ1) is 9.67. The fourth-order valence-electron chi connectivity index (χ4n) is 3.71. The Morgan fingerprint density at radius 1 is 1.30 bits per heavy atom. The molecule has 2 aliphatic heterocycles. The van der Waals surface area contributed by atoms with E-state index in [4.69, 9.17) is 11.6 Å². The van der Waals surface area contributed by atoms with Crippen molar-refractivity contribution >= 4 is 11.6 Å². The van der Waals surface area contributed by atoms with Crippen LogP contribution in [0.2, 0.25) is 5.02 Å². The summed E-state index contributed by atoms with van der Waals surface area (Å²) in [6.45, 7) is 5.12. The van der Waals surface area contributed by atoms with Crippen LogP contribution in [0.15, 0.2) is 18.2 Å². The third-order valence-electron chi connectivity index (χ3n) is 4.71. The van der Waals surface area contributed by atoms with E-state index in [2.05, 4.69) is 10.2 Å². The van der Waals surface area contributed by atoms with Gasteiger partial charge in [-0.15, -0.1) is 0 Å². The summed E-state index contributed by atoms with van der Waals surface area (Å²) in [5, 5.41) is 4.00. The van der Waals surface area contributed by atoms with Gasteiger partial charge in [-0.3, -0.25) is 4.90 Å². The van der Waals surface area contributed by atoms with Crippen molar-refractivity contribution in [3.8, 4) is 0 Å². The Labute approximate surface area is 125 Å². The zero-order valence-corrected chi connectivity index (χ0v) is 12.6. The average molecular weight is 297 g/mol. The van der Waals surface area contributed by atoms with E-state index >= 15 is 0 Å². The molecule has 1 unspecified atom stereocenters. The van der Waals surface area contributed by atoms with Crippen LogP contribution in [0.25, 0.3) is 0 Å². The average Bonchev–Trinajstić information content (AvgIpc) is 2.43. The van der Waals surface area contributed by atoms with Gasteiger partial charge in [0.2, 0.25) is 0 Å². The Morgan fingerprint density at radius 3 is 2.90 bits per heavy atom. The fourth-order valence-corrected chi connectivity index (χ4v) is 3.87. The van der Waals surface area contributed by atoms with Crippen molar-refractivity contribution in [2.45, 2.75) is 32.2 Å². The Balaban J connectivity index is 1.68. The Hall–Kier alpha value is -0.640. The maximum Gasteiger partial charge on any atom is 0.129 e. The van der Waals surface area contributed by atoms with E-state index < -0.39 is 0 Å². The van der Waals surface area contributed by atoms with Gasteiger partial charge in [0.1, 0.15) is 5.82 Å². The van der Waals surface area contributed by atoms with E-state index in [1.807, 2.05) is 6.07 Å². The number of nitrogens with one attached hydrogen (secondary N) is 1. The van der Waals surface area contributed by atoms with Gasteiger partial charge in [-0.1, -0.05) is 17.7 Å². The number of benzene rings is 1. The van der Waals surface area contributed by atoms with E-state index in [0.717, 1.165) is 31.7 Å². The van der Waals surface area contributed by atoms with Crippen molar-refractivity contribution in [3.63, 3.8) is 0 Å². The van der Waals surface area contributed by atoms with E-state index in [1.54, 1.807) is 6.07 Å². The molecule has 3 rings (SSSR count). The summed E-state index contributed by atoms with van der Waals surface area (Å²) >= 11 is 5.81. The van der Waals surface area contributed by atoms with Crippen LogP contribution in [0, 0.1) is 11.2 Å². The number of hydrogen-bond acceptors (Lipinski definition) is 2. The van der Waals surface area contributed by atoms with Crippen LogP contribution in [0.1, 0.15) is 31.2 Å². The molecule has 0 radical (unpaired) electrons. The zero-order valence-electron chi connectivity index (χ0n) is 11.8. The lowest BCUT2D eigenvalue weighted by molar-refractivity contribution is 0.0594. The maximum atomic E-state index is 13.9. The second-order valence-corrected chi connectivity index (χ2v) is 6.77. The van der Waals surface area contributed by atoms with Crippen LogP contribution in [0.5, 0.6) is 0 Å². The van der Waals surface area contributed by atoms with Crippen LogP contribution in [0.3, 0.4) is 0 Å². The highest BCUT2D eigenvalue weighted by Gasteiger charge is 2.36. The van der Waals surface area contributed by atoms with Crippen LogP contribution in [0.4, 0.5) is 4.39 Å². The fraction of sp³-hybridized carbons (Fsp3) is 0.625. The number of nitrogens with zero attached hydrogens (tertiary/aromatic N) is 1. The molecule has 2 saturated heterocycles. The number of rotatable bonds is 2. The molecule has 1 spiro atoms. The van der Waals surface area contributed by atoms with Crippen molar-refractivity contribution in [1.82, 2.24) is 10.2 Å². The summed E-state index contributed by atoms with van der Waals surface area (Å²) in [6, 6.07) is 5.01. The molecule has 0 aromatic heterocycles. The van der Waals surface area contributed by atoms with E-state index in [-0.39, 0.29) is 5.82 Å². The zero-order chi connectivity index (χ0) is 14.0. The lowest BCUT2D eigenvalue weighted by Gasteiger charge is -2.45. The van der Waals surface area contributed by atoms with E-state index in [1.165, 1.54) is 31.7 Å². The van der Waals surface area contributed by atoms with Crippen molar-refractivity contribution in [3.05, 3.63) is 34.6 Å². The van der Waals surface area contributed by atoms with Gasteiger partial charge in [-0.2, -0.15) is 0 Å². The molecule has 4 heteroatoms. The summed E-state index contributed by atoms with van der Waals surface area (Å²) in [4.78, 5) is 2.41. The van der Waals surface area contributed by atoms with Crippen LogP contribution in [-0.2, 0) is 6.54 Å². The summed E-state index contributed by atoms with van der Waals surface area (Å²) in [6.07, 6.45) is 5.10. The molecule has 2 nitrogen and oxygen atoms in total. The standard InChI is InChI=1S/C16H22ClFN2/c17-14-4-3-13(15(18)9-14)10-20-8-2-6-16(12-20)5-1-7-19-11-16/h3-4,9,19H,1-2,5-8,10-12H2. The Bertz CT molecular complexity index is 466. The lowest BCUT2D eigenvalue weighted by atomic mass is 9.74. The molecule has 0 saturated carbocycles. The largest absolute Gasteiger partial charge is 0.316 e. The van der Waals surface area contributed by atoms with Crippen molar-refractivity contribution in [1.29, 1.82) is 0 Å². The van der Waals surface area contributed by atoms with E-state index in [9.17, 15) is 4.39 Å². The van der Waals surface area contributed by atoms with Gasteiger partial charge >= 0.3 is 0 Å². The topological polar surface area (TPSA) is 15.3 Å².